The minimum atomic E-state index is 0.447. The maximum Gasteiger partial charge on any atom is 0.137 e. The lowest BCUT2D eigenvalue weighted by atomic mass is 10.1. The van der Waals surface area contributed by atoms with Crippen LogP contribution in [0.4, 0.5) is 5.82 Å². The van der Waals surface area contributed by atoms with E-state index in [0.29, 0.717) is 6.04 Å². The molecule has 18 heavy (non-hydrogen) atoms. The van der Waals surface area contributed by atoms with Crippen molar-refractivity contribution in [1.29, 1.82) is 0 Å². The Balaban J connectivity index is 1.68. The third-order valence-electron chi connectivity index (χ3n) is 3.38. The Hall–Kier alpha value is -2.03. The van der Waals surface area contributed by atoms with E-state index in [2.05, 4.69) is 34.6 Å². The molecule has 3 nitrogen and oxygen atoms in total. The number of aromatic nitrogens is 1. The van der Waals surface area contributed by atoms with Crippen LogP contribution in [0, 0.1) is 0 Å². The smallest absolute Gasteiger partial charge is 0.137 e. The first-order valence-corrected chi connectivity index (χ1v) is 6.18. The second-order valence-corrected chi connectivity index (χ2v) is 4.60. The molecule has 3 heteroatoms. The van der Waals surface area contributed by atoms with Gasteiger partial charge in [-0.05, 0) is 36.1 Å². The first kappa shape index (κ1) is 11.1. The zero-order valence-electron chi connectivity index (χ0n) is 10.4. The average molecular weight is 240 g/mol. The molecule has 92 valence electrons. The summed E-state index contributed by atoms with van der Waals surface area (Å²) in [6, 6.07) is 13.0. The molecule has 0 saturated carbocycles. The topological polar surface area (TPSA) is 34.1 Å². The minimum Gasteiger partial charge on any atom is -0.495 e. The molecule has 1 aliphatic rings. The Morgan fingerprint density at radius 3 is 2.39 bits per heavy atom. The van der Waals surface area contributed by atoms with Crippen molar-refractivity contribution in [3.05, 3.63) is 53.7 Å². The van der Waals surface area contributed by atoms with Gasteiger partial charge in [0.15, 0.2) is 0 Å². The maximum absolute atomic E-state index is 5.10. The fraction of sp³-hybridized carbons (Fsp3) is 0.267. The highest BCUT2D eigenvalue weighted by Crippen LogP contribution is 2.24. The van der Waals surface area contributed by atoms with Gasteiger partial charge in [0.25, 0.3) is 0 Å². The predicted molar refractivity (Wildman–Crippen MR) is 72.0 cm³/mol. The molecule has 1 heterocycles. The van der Waals surface area contributed by atoms with Crippen molar-refractivity contribution < 1.29 is 4.74 Å². The maximum atomic E-state index is 5.10. The molecule has 0 atom stereocenters. The van der Waals surface area contributed by atoms with Crippen LogP contribution < -0.4 is 10.1 Å². The molecule has 2 aromatic rings. The molecule has 0 amide bonds. The Kier molecular flexibility index (Phi) is 2.89. The lowest BCUT2D eigenvalue weighted by Gasteiger charge is -2.12. The second kappa shape index (κ2) is 4.69. The normalized spacial score (nSPS) is 14.3. The average Bonchev–Trinajstić information content (AvgIpc) is 2.82. The van der Waals surface area contributed by atoms with E-state index in [1.54, 1.807) is 13.3 Å². The van der Waals surface area contributed by atoms with Crippen LogP contribution in [-0.4, -0.2) is 18.1 Å². The second-order valence-electron chi connectivity index (χ2n) is 4.60. The summed E-state index contributed by atoms with van der Waals surface area (Å²) in [5, 5.41) is 3.47. The number of benzene rings is 1. The van der Waals surface area contributed by atoms with Gasteiger partial charge in [-0.3, -0.25) is 0 Å². The minimum absolute atomic E-state index is 0.447. The fourth-order valence-corrected chi connectivity index (χ4v) is 2.46. The summed E-state index contributed by atoms with van der Waals surface area (Å²) in [7, 11) is 1.65. The van der Waals surface area contributed by atoms with E-state index < -0.39 is 0 Å². The van der Waals surface area contributed by atoms with Crippen molar-refractivity contribution in [3.8, 4) is 5.75 Å². The molecule has 1 N–H and O–H groups in total. The monoisotopic (exact) mass is 240 g/mol. The zero-order valence-corrected chi connectivity index (χ0v) is 10.4. The number of pyridine rings is 1. The van der Waals surface area contributed by atoms with Gasteiger partial charge in [-0.1, -0.05) is 24.3 Å². The summed E-state index contributed by atoms with van der Waals surface area (Å²) < 4.78 is 5.10. The van der Waals surface area contributed by atoms with Crippen LogP contribution in [0.15, 0.2) is 42.6 Å². The molecular weight excluding hydrogens is 224 g/mol. The lowest BCUT2D eigenvalue weighted by Crippen LogP contribution is -2.20. The molecule has 0 spiro atoms. The number of rotatable bonds is 3. The highest BCUT2D eigenvalue weighted by Gasteiger charge is 2.20. The molecule has 1 aromatic heterocycles. The molecule has 3 rings (SSSR count). The summed E-state index contributed by atoms with van der Waals surface area (Å²) in [5.41, 5.74) is 2.90. The van der Waals surface area contributed by atoms with E-state index in [0.717, 1.165) is 24.4 Å². The predicted octanol–water partition coefficient (Wildman–Crippen LogP) is 2.67. The number of nitrogens with one attached hydrogen (secondary N) is 1. The van der Waals surface area contributed by atoms with Gasteiger partial charge in [-0.2, -0.15) is 0 Å². The van der Waals surface area contributed by atoms with Gasteiger partial charge in [0.2, 0.25) is 0 Å². The van der Waals surface area contributed by atoms with E-state index in [1.165, 1.54) is 11.1 Å². The van der Waals surface area contributed by atoms with E-state index in [-0.39, 0.29) is 0 Å². The molecular formula is C15H16N2O. The van der Waals surface area contributed by atoms with Crippen molar-refractivity contribution in [1.82, 2.24) is 4.98 Å². The van der Waals surface area contributed by atoms with E-state index in [9.17, 15) is 0 Å². The number of nitrogens with zero attached hydrogens (tertiary/aromatic N) is 1. The number of anilines is 1. The Morgan fingerprint density at radius 1 is 1.11 bits per heavy atom. The number of ether oxygens (including phenoxy) is 1. The van der Waals surface area contributed by atoms with Gasteiger partial charge < -0.3 is 10.1 Å². The van der Waals surface area contributed by atoms with Crippen LogP contribution in [0.2, 0.25) is 0 Å². The Labute approximate surface area is 107 Å². The quantitative estimate of drug-likeness (QED) is 0.895. The van der Waals surface area contributed by atoms with Crippen molar-refractivity contribution in [3.63, 3.8) is 0 Å². The first-order chi connectivity index (χ1) is 8.85. The van der Waals surface area contributed by atoms with Crippen LogP contribution in [-0.2, 0) is 12.8 Å². The highest BCUT2D eigenvalue weighted by atomic mass is 16.5. The van der Waals surface area contributed by atoms with Crippen molar-refractivity contribution in [2.45, 2.75) is 18.9 Å². The summed E-state index contributed by atoms with van der Waals surface area (Å²) in [6.07, 6.45) is 3.89. The van der Waals surface area contributed by atoms with Crippen LogP contribution >= 0.6 is 0 Å². The van der Waals surface area contributed by atoms with E-state index in [4.69, 9.17) is 4.74 Å². The summed E-state index contributed by atoms with van der Waals surface area (Å²) >= 11 is 0. The van der Waals surface area contributed by atoms with Crippen LogP contribution in [0.3, 0.4) is 0 Å². The number of hydrogen-bond acceptors (Lipinski definition) is 3. The van der Waals surface area contributed by atoms with Crippen LogP contribution in [0.25, 0.3) is 0 Å². The van der Waals surface area contributed by atoms with E-state index >= 15 is 0 Å². The standard InChI is InChI=1S/C15H16N2O/c1-18-14-6-7-15(16-10-14)17-13-8-11-4-2-3-5-12(11)9-13/h2-7,10,13H,8-9H2,1H3,(H,16,17). The van der Waals surface area contributed by atoms with Crippen molar-refractivity contribution >= 4 is 5.82 Å². The lowest BCUT2D eigenvalue weighted by molar-refractivity contribution is 0.413. The van der Waals surface area contributed by atoms with Crippen LogP contribution in [0.1, 0.15) is 11.1 Å². The Morgan fingerprint density at radius 2 is 1.83 bits per heavy atom. The number of methoxy groups -OCH3 is 1. The van der Waals surface area contributed by atoms with Gasteiger partial charge >= 0.3 is 0 Å². The molecule has 1 aromatic carbocycles. The van der Waals surface area contributed by atoms with Crippen molar-refractivity contribution in [2.24, 2.45) is 0 Å². The number of fused-ring (bicyclic) bond motifs is 1. The Bertz CT molecular complexity index is 511. The van der Waals surface area contributed by atoms with E-state index in [1.807, 2.05) is 12.1 Å². The third-order valence-corrected chi connectivity index (χ3v) is 3.38. The fourth-order valence-electron chi connectivity index (χ4n) is 2.46. The van der Waals surface area contributed by atoms with Gasteiger partial charge in [-0.25, -0.2) is 4.98 Å². The SMILES string of the molecule is COc1ccc(NC2Cc3ccccc3C2)nc1. The molecule has 1 aliphatic carbocycles. The van der Waals surface area contributed by atoms with Gasteiger partial charge in [-0.15, -0.1) is 0 Å². The summed E-state index contributed by atoms with van der Waals surface area (Å²) in [5.74, 6) is 1.70. The largest absolute Gasteiger partial charge is 0.495 e. The highest BCUT2D eigenvalue weighted by molar-refractivity contribution is 5.42. The zero-order chi connectivity index (χ0) is 12.4. The van der Waals surface area contributed by atoms with Gasteiger partial charge in [0, 0.05) is 6.04 Å². The summed E-state index contributed by atoms with van der Waals surface area (Å²) in [6.45, 7) is 0. The van der Waals surface area contributed by atoms with Crippen molar-refractivity contribution in [2.75, 3.05) is 12.4 Å². The molecule has 0 fully saturated rings. The molecule has 0 radical (unpaired) electrons. The summed E-state index contributed by atoms with van der Waals surface area (Å²) in [4.78, 5) is 4.34. The van der Waals surface area contributed by atoms with Gasteiger partial charge in [0.1, 0.15) is 11.6 Å². The molecule has 0 saturated heterocycles. The number of hydrogen-bond donors (Lipinski definition) is 1. The molecule has 0 aliphatic heterocycles. The van der Waals surface area contributed by atoms with Gasteiger partial charge in [0.05, 0.1) is 13.3 Å². The van der Waals surface area contributed by atoms with Crippen LogP contribution in [0.5, 0.6) is 5.75 Å². The first-order valence-electron chi connectivity index (χ1n) is 6.18. The third kappa shape index (κ3) is 2.16. The molecule has 0 unspecified atom stereocenters. The molecule has 0 bridgehead atoms.